The Morgan fingerprint density at radius 2 is 1.96 bits per heavy atom. The van der Waals surface area contributed by atoms with E-state index in [0.717, 1.165) is 25.3 Å². The van der Waals surface area contributed by atoms with Gasteiger partial charge in [-0.05, 0) is 24.5 Å². The van der Waals surface area contributed by atoms with Crippen molar-refractivity contribution in [3.8, 4) is 0 Å². The van der Waals surface area contributed by atoms with Crippen molar-refractivity contribution in [2.75, 3.05) is 7.11 Å². The van der Waals surface area contributed by atoms with Crippen LogP contribution in [-0.4, -0.2) is 38.6 Å². The fraction of sp³-hybridized carbons (Fsp3) is 0.429. The van der Waals surface area contributed by atoms with E-state index in [2.05, 4.69) is 4.74 Å². The molecule has 0 fully saturated rings. The highest BCUT2D eigenvalue weighted by Gasteiger charge is 2.31. The predicted octanol–water partition coefficient (Wildman–Crippen LogP) is 1.39. The minimum Gasteiger partial charge on any atom is -0.480 e. The molecule has 9 heteroatoms. The monoisotopic (exact) mass is 347 g/mol. The third-order valence-corrected chi connectivity index (χ3v) is 4.47. The summed E-state index contributed by atoms with van der Waals surface area (Å²) in [7, 11) is -3.45. The van der Waals surface area contributed by atoms with Crippen molar-refractivity contribution in [1.29, 1.82) is 0 Å². The van der Waals surface area contributed by atoms with E-state index >= 15 is 0 Å². The first-order valence-electron chi connectivity index (χ1n) is 6.72. The smallest absolute Gasteiger partial charge is 0.342 e. The van der Waals surface area contributed by atoms with Gasteiger partial charge in [0.25, 0.3) is 0 Å². The molecule has 0 unspecified atom stereocenters. The van der Waals surface area contributed by atoms with E-state index in [9.17, 15) is 22.4 Å². The van der Waals surface area contributed by atoms with Gasteiger partial charge in [-0.3, -0.25) is 4.79 Å². The van der Waals surface area contributed by atoms with E-state index in [1.165, 1.54) is 0 Å². The second kappa shape index (κ2) is 7.51. The van der Waals surface area contributed by atoms with Crippen LogP contribution in [-0.2, 0) is 19.6 Å². The fourth-order valence-electron chi connectivity index (χ4n) is 1.95. The molecule has 1 aromatic carbocycles. The summed E-state index contributed by atoms with van der Waals surface area (Å²) >= 11 is 0. The molecule has 0 aliphatic rings. The van der Waals surface area contributed by atoms with Gasteiger partial charge < -0.3 is 9.84 Å². The number of halogens is 1. The highest BCUT2D eigenvalue weighted by Crippen LogP contribution is 2.21. The first-order valence-corrected chi connectivity index (χ1v) is 8.20. The van der Waals surface area contributed by atoms with Crippen molar-refractivity contribution < 1.29 is 32.2 Å². The van der Waals surface area contributed by atoms with Gasteiger partial charge in [-0.1, -0.05) is 19.9 Å². The molecule has 0 saturated heterocycles. The minimum absolute atomic E-state index is 0.0391. The first-order chi connectivity index (χ1) is 10.6. The van der Waals surface area contributed by atoms with Crippen molar-refractivity contribution in [2.45, 2.75) is 31.2 Å². The Labute approximate surface area is 133 Å². The van der Waals surface area contributed by atoms with E-state index in [4.69, 9.17) is 5.11 Å². The number of hydrogen-bond donors (Lipinski definition) is 2. The molecule has 0 saturated carbocycles. The number of sulfonamides is 1. The van der Waals surface area contributed by atoms with Crippen molar-refractivity contribution >= 4 is 22.0 Å². The van der Waals surface area contributed by atoms with E-state index in [-0.39, 0.29) is 12.3 Å². The van der Waals surface area contributed by atoms with E-state index in [1.807, 2.05) is 4.72 Å². The number of ether oxygens (including phenoxy) is 1. The Morgan fingerprint density at radius 1 is 1.35 bits per heavy atom. The molecule has 0 amide bonds. The molecule has 0 bridgehead atoms. The molecule has 7 nitrogen and oxygen atoms in total. The summed E-state index contributed by atoms with van der Waals surface area (Å²) in [6.45, 7) is 3.46. The number of aliphatic carboxylic acids is 1. The Bertz CT molecular complexity index is 701. The van der Waals surface area contributed by atoms with E-state index in [0.29, 0.717) is 0 Å². The molecule has 0 radical (unpaired) electrons. The topological polar surface area (TPSA) is 110 Å². The van der Waals surface area contributed by atoms with Crippen LogP contribution in [0.25, 0.3) is 0 Å². The third kappa shape index (κ3) is 4.73. The van der Waals surface area contributed by atoms with Crippen molar-refractivity contribution in [3.05, 3.63) is 29.6 Å². The summed E-state index contributed by atoms with van der Waals surface area (Å²) in [5, 5.41) is 9.12. The molecular weight excluding hydrogens is 329 g/mol. The van der Waals surface area contributed by atoms with Crippen LogP contribution in [0.5, 0.6) is 0 Å². The van der Waals surface area contributed by atoms with Crippen LogP contribution in [0.15, 0.2) is 23.1 Å². The van der Waals surface area contributed by atoms with Gasteiger partial charge in [-0.25, -0.2) is 17.6 Å². The van der Waals surface area contributed by atoms with Gasteiger partial charge >= 0.3 is 11.9 Å². The molecule has 2 N–H and O–H groups in total. The van der Waals surface area contributed by atoms with Crippen molar-refractivity contribution in [3.63, 3.8) is 0 Å². The number of carbonyl (C=O) groups excluding carboxylic acids is 1. The average Bonchev–Trinajstić information content (AvgIpc) is 2.44. The summed E-state index contributed by atoms with van der Waals surface area (Å²) in [4.78, 5) is 22.2. The number of esters is 1. The predicted molar refractivity (Wildman–Crippen MR) is 78.9 cm³/mol. The summed E-state index contributed by atoms with van der Waals surface area (Å²) in [6, 6.07) is 1.63. The lowest BCUT2D eigenvalue weighted by molar-refractivity contribution is -0.139. The second-order valence-corrected chi connectivity index (χ2v) is 6.93. The molecule has 128 valence electrons. The van der Waals surface area contributed by atoms with Crippen LogP contribution >= 0.6 is 0 Å². The lowest BCUT2D eigenvalue weighted by atomic mass is 10.1. The van der Waals surface area contributed by atoms with Crippen LogP contribution in [0.1, 0.15) is 30.6 Å². The maximum atomic E-state index is 13.8. The zero-order valence-corrected chi connectivity index (χ0v) is 13.7. The summed E-state index contributed by atoms with van der Waals surface area (Å²) in [5.41, 5.74) is -0.767. The van der Waals surface area contributed by atoms with Crippen LogP contribution < -0.4 is 4.72 Å². The summed E-state index contributed by atoms with van der Waals surface area (Å²) < 4.78 is 44.9. The Balaban J connectivity index is 3.31. The lowest BCUT2D eigenvalue weighted by Gasteiger charge is -2.17. The molecule has 0 spiro atoms. The molecule has 1 rings (SSSR count). The fourth-order valence-corrected chi connectivity index (χ4v) is 3.36. The van der Waals surface area contributed by atoms with Crippen molar-refractivity contribution in [2.24, 2.45) is 5.92 Å². The average molecular weight is 347 g/mol. The Morgan fingerprint density at radius 3 is 2.43 bits per heavy atom. The van der Waals surface area contributed by atoms with Crippen LogP contribution in [0, 0.1) is 11.7 Å². The molecule has 0 aliphatic heterocycles. The first kappa shape index (κ1) is 19.0. The molecule has 0 aromatic heterocycles. The highest BCUT2D eigenvalue weighted by molar-refractivity contribution is 7.89. The molecular formula is C14H18FNO6S. The Hall–Kier alpha value is -2.00. The van der Waals surface area contributed by atoms with E-state index < -0.39 is 44.3 Å². The number of nitrogens with one attached hydrogen (secondary N) is 1. The quantitative estimate of drug-likeness (QED) is 0.721. The number of rotatable bonds is 7. The molecule has 0 aliphatic carbocycles. The summed E-state index contributed by atoms with van der Waals surface area (Å²) in [6.07, 6.45) is 0.0391. The second-order valence-electron chi connectivity index (χ2n) is 5.25. The van der Waals surface area contributed by atoms with Gasteiger partial charge in [0.05, 0.1) is 12.0 Å². The minimum atomic E-state index is -4.43. The highest BCUT2D eigenvalue weighted by atomic mass is 32.2. The van der Waals surface area contributed by atoms with Crippen LogP contribution in [0.4, 0.5) is 4.39 Å². The summed E-state index contributed by atoms with van der Waals surface area (Å²) in [5.74, 6) is -3.70. The van der Waals surface area contributed by atoms with Crippen LogP contribution in [0.3, 0.4) is 0 Å². The van der Waals surface area contributed by atoms with Crippen molar-refractivity contribution in [1.82, 2.24) is 4.72 Å². The normalized spacial score (nSPS) is 12.9. The number of benzene rings is 1. The van der Waals surface area contributed by atoms with Gasteiger partial charge in [0.2, 0.25) is 10.0 Å². The van der Waals surface area contributed by atoms with E-state index in [1.54, 1.807) is 13.8 Å². The van der Waals surface area contributed by atoms with Gasteiger partial charge in [0.15, 0.2) is 0 Å². The standard InChI is InChI=1S/C14H18FNO6S/c1-8(2)7-10(13(17)18)16-23(20,21)11-6-4-5-9(15)12(11)14(19)22-3/h4-6,8,10,16H,7H2,1-3H3,(H,17,18)/t10-/m1/s1. The maximum absolute atomic E-state index is 13.8. The lowest BCUT2D eigenvalue weighted by Crippen LogP contribution is -2.42. The zero-order valence-electron chi connectivity index (χ0n) is 12.9. The molecule has 1 atom stereocenters. The number of carbonyl (C=O) groups is 2. The molecule has 0 heterocycles. The number of methoxy groups -OCH3 is 1. The maximum Gasteiger partial charge on any atom is 0.342 e. The van der Waals surface area contributed by atoms with Crippen LogP contribution in [0.2, 0.25) is 0 Å². The number of hydrogen-bond acceptors (Lipinski definition) is 5. The Kier molecular flexibility index (Phi) is 6.22. The van der Waals surface area contributed by atoms with Gasteiger partial charge in [-0.2, -0.15) is 4.72 Å². The van der Waals surface area contributed by atoms with Gasteiger partial charge in [0.1, 0.15) is 17.4 Å². The number of carboxylic acid groups (broad SMARTS) is 1. The van der Waals surface area contributed by atoms with Gasteiger partial charge in [0, 0.05) is 0 Å². The molecule has 23 heavy (non-hydrogen) atoms. The third-order valence-electron chi connectivity index (χ3n) is 2.96. The number of carboxylic acids is 1. The SMILES string of the molecule is COC(=O)c1c(F)cccc1S(=O)(=O)N[C@H](CC(C)C)C(=O)O. The largest absolute Gasteiger partial charge is 0.480 e. The zero-order chi connectivity index (χ0) is 17.8. The van der Waals surface area contributed by atoms with Gasteiger partial charge in [-0.15, -0.1) is 0 Å². The molecule has 1 aromatic rings.